The van der Waals surface area contributed by atoms with Crippen LogP contribution >= 0.6 is 0 Å². The molecule has 2 aromatic carbocycles. The van der Waals surface area contributed by atoms with Crippen molar-refractivity contribution in [3.8, 4) is 11.5 Å². The number of aromatic nitrogens is 1. The Hall–Kier alpha value is -3.08. The molecule has 0 fully saturated rings. The van der Waals surface area contributed by atoms with Gasteiger partial charge < -0.3 is 15.1 Å². The molecule has 2 N–H and O–H groups in total. The number of aliphatic imine (C=N–C) groups is 1. The van der Waals surface area contributed by atoms with E-state index >= 15 is 0 Å². The van der Waals surface area contributed by atoms with E-state index in [-0.39, 0.29) is 0 Å². The molecule has 5 heteroatoms. The topological polar surface area (TPSA) is 62.5 Å². The van der Waals surface area contributed by atoms with Gasteiger partial charge in [-0.1, -0.05) is 42.0 Å². The second-order valence-electron chi connectivity index (χ2n) is 7.19. The molecule has 5 nitrogen and oxygen atoms in total. The summed E-state index contributed by atoms with van der Waals surface area (Å²) in [5, 5.41) is 6.76. The van der Waals surface area contributed by atoms with Crippen LogP contribution in [0.4, 0.5) is 0 Å². The average Bonchev–Trinajstić information content (AvgIpc) is 3.16. The van der Waals surface area contributed by atoms with Crippen molar-refractivity contribution < 1.29 is 4.42 Å². The number of fused-ring (bicyclic) bond motifs is 1. The normalized spacial score (nSPS) is 15.6. The van der Waals surface area contributed by atoms with Crippen LogP contribution in [0.3, 0.4) is 0 Å². The second kappa shape index (κ2) is 8.30. The molecule has 1 aliphatic rings. The number of hydrogen-bond donors (Lipinski definition) is 2. The standard InChI is InChI=1S/C23H26N4O/c1-3-24-23(25-13-19-12-18-6-4-5-7-21(18)19)26-14-20-15-28-22(27-20)17-10-8-16(2)9-11-17/h4-11,15,19H,3,12-14H2,1-2H3,(H2,24,25,26). The summed E-state index contributed by atoms with van der Waals surface area (Å²) in [6.07, 6.45) is 2.82. The molecular weight excluding hydrogens is 348 g/mol. The van der Waals surface area contributed by atoms with Crippen molar-refractivity contribution in [3.63, 3.8) is 0 Å². The van der Waals surface area contributed by atoms with Gasteiger partial charge in [-0.05, 0) is 43.5 Å². The first-order valence-corrected chi connectivity index (χ1v) is 9.84. The molecule has 1 heterocycles. The number of nitrogens with one attached hydrogen (secondary N) is 2. The molecule has 144 valence electrons. The van der Waals surface area contributed by atoms with Gasteiger partial charge in [0.2, 0.25) is 5.89 Å². The molecule has 1 aliphatic carbocycles. The smallest absolute Gasteiger partial charge is 0.226 e. The number of nitrogens with zero attached hydrogens (tertiary/aromatic N) is 2. The zero-order valence-electron chi connectivity index (χ0n) is 16.4. The summed E-state index contributed by atoms with van der Waals surface area (Å²) >= 11 is 0. The van der Waals surface area contributed by atoms with E-state index in [9.17, 15) is 0 Å². The van der Waals surface area contributed by atoms with E-state index in [2.05, 4.69) is 70.9 Å². The Labute approximate surface area is 165 Å². The molecule has 1 aromatic heterocycles. The Morgan fingerprint density at radius 3 is 2.75 bits per heavy atom. The van der Waals surface area contributed by atoms with Gasteiger partial charge in [-0.15, -0.1) is 0 Å². The molecule has 1 atom stereocenters. The van der Waals surface area contributed by atoms with Crippen molar-refractivity contribution in [3.05, 3.63) is 77.2 Å². The first-order valence-electron chi connectivity index (χ1n) is 9.84. The number of aryl methyl sites for hydroxylation is 1. The fourth-order valence-electron chi connectivity index (χ4n) is 3.47. The Morgan fingerprint density at radius 1 is 1.14 bits per heavy atom. The Morgan fingerprint density at radius 2 is 1.96 bits per heavy atom. The third-order valence-electron chi connectivity index (χ3n) is 5.07. The molecule has 28 heavy (non-hydrogen) atoms. The maximum absolute atomic E-state index is 5.63. The SMILES string of the molecule is CCNC(=NCc1coc(-c2ccc(C)cc2)n1)NCC1Cc2ccccc21. The lowest BCUT2D eigenvalue weighted by molar-refractivity contribution is 0.572. The highest BCUT2D eigenvalue weighted by atomic mass is 16.3. The Kier molecular flexibility index (Phi) is 5.42. The zero-order chi connectivity index (χ0) is 19.3. The van der Waals surface area contributed by atoms with E-state index in [4.69, 9.17) is 4.42 Å². The number of benzene rings is 2. The molecule has 1 unspecified atom stereocenters. The largest absolute Gasteiger partial charge is 0.444 e. The molecule has 0 aliphatic heterocycles. The predicted molar refractivity (Wildman–Crippen MR) is 112 cm³/mol. The summed E-state index contributed by atoms with van der Waals surface area (Å²) in [6.45, 7) is 6.32. The molecule has 0 saturated heterocycles. The van der Waals surface area contributed by atoms with Gasteiger partial charge in [-0.3, -0.25) is 0 Å². The summed E-state index contributed by atoms with van der Waals surface area (Å²) in [7, 11) is 0. The summed E-state index contributed by atoms with van der Waals surface area (Å²) in [4.78, 5) is 9.23. The summed E-state index contributed by atoms with van der Waals surface area (Å²) < 4.78 is 5.63. The highest BCUT2D eigenvalue weighted by Crippen LogP contribution is 2.33. The van der Waals surface area contributed by atoms with Gasteiger partial charge in [0.15, 0.2) is 5.96 Å². The predicted octanol–water partition coefficient (Wildman–Crippen LogP) is 4.05. The van der Waals surface area contributed by atoms with Gasteiger partial charge in [0.25, 0.3) is 0 Å². The first kappa shape index (κ1) is 18.3. The van der Waals surface area contributed by atoms with Crippen molar-refractivity contribution in [2.45, 2.75) is 32.7 Å². The van der Waals surface area contributed by atoms with E-state index in [1.54, 1.807) is 6.26 Å². The van der Waals surface area contributed by atoms with Gasteiger partial charge in [0.05, 0.1) is 6.54 Å². The summed E-state index contributed by atoms with van der Waals surface area (Å²) in [6, 6.07) is 16.8. The van der Waals surface area contributed by atoms with Crippen LogP contribution < -0.4 is 10.6 Å². The number of hydrogen-bond acceptors (Lipinski definition) is 3. The van der Waals surface area contributed by atoms with Crippen LogP contribution in [0.15, 0.2) is 64.2 Å². The maximum atomic E-state index is 5.63. The number of guanidine groups is 1. The van der Waals surface area contributed by atoms with Crippen LogP contribution in [0.2, 0.25) is 0 Å². The van der Waals surface area contributed by atoms with Gasteiger partial charge >= 0.3 is 0 Å². The van der Waals surface area contributed by atoms with Gasteiger partial charge in [0.1, 0.15) is 12.0 Å². The van der Waals surface area contributed by atoms with E-state index in [0.29, 0.717) is 18.4 Å². The molecule has 0 spiro atoms. The van der Waals surface area contributed by atoms with Crippen molar-refractivity contribution >= 4 is 5.96 Å². The van der Waals surface area contributed by atoms with E-state index in [1.807, 2.05) is 12.1 Å². The van der Waals surface area contributed by atoms with Crippen molar-refractivity contribution in [2.24, 2.45) is 4.99 Å². The monoisotopic (exact) mass is 374 g/mol. The quantitative estimate of drug-likeness (QED) is 0.505. The van der Waals surface area contributed by atoms with Crippen molar-refractivity contribution in [1.82, 2.24) is 15.6 Å². The van der Waals surface area contributed by atoms with E-state index in [1.165, 1.54) is 16.7 Å². The van der Waals surface area contributed by atoms with Crippen LogP contribution in [0.5, 0.6) is 0 Å². The van der Waals surface area contributed by atoms with Gasteiger partial charge in [-0.25, -0.2) is 9.98 Å². The summed E-state index contributed by atoms with van der Waals surface area (Å²) in [5.41, 5.74) is 5.93. The first-order chi connectivity index (χ1) is 13.7. The van der Waals surface area contributed by atoms with Gasteiger partial charge in [0, 0.05) is 24.6 Å². The average molecular weight is 374 g/mol. The maximum Gasteiger partial charge on any atom is 0.226 e. The highest BCUT2D eigenvalue weighted by molar-refractivity contribution is 5.79. The minimum Gasteiger partial charge on any atom is -0.444 e. The van der Waals surface area contributed by atoms with Crippen molar-refractivity contribution in [1.29, 1.82) is 0 Å². The van der Waals surface area contributed by atoms with Crippen LogP contribution in [-0.2, 0) is 13.0 Å². The zero-order valence-corrected chi connectivity index (χ0v) is 16.4. The molecule has 0 amide bonds. The Balaban J connectivity index is 1.36. The van der Waals surface area contributed by atoms with Crippen molar-refractivity contribution in [2.75, 3.05) is 13.1 Å². The second-order valence-corrected chi connectivity index (χ2v) is 7.19. The molecule has 0 radical (unpaired) electrons. The minimum absolute atomic E-state index is 0.478. The minimum atomic E-state index is 0.478. The van der Waals surface area contributed by atoms with Crippen LogP contribution in [0.25, 0.3) is 11.5 Å². The summed E-state index contributed by atoms with van der Waals surface area (Å²) in [5.74, 6) is 2.00. The Bertz CT molecular complexity index is 959. The molecular formula is C23H26N4O. The van der Waals surface area contributed by atoms with Crippen LogP contribution in [-0.4, -0.2) is 24.0 Å². The highest BCUT2D eigenvalue weighted by Gasteiger charge is 2.25. The number of rotatable bonds is 6. The van der Waals surface area contributed by atoms with Gasteiger partial charge in [-0.2, -0.15) is 0 Å². The molecule has 0 saturated carbocycles. The molecule has 0 bridgehead atoms. The fourth-order valence-corrected chi connectivity index (χ4v) is 3.47. The third kappa shape index (κ3) is 4.09. The van der Waals surface area contributed by atoms with E-state index < -0.39 is 0 Å². The lowest BCUT2D eigenvalue weighted by atomic mass is 9.78. The fraction of sp³-hybridized carbons (Fsp3) is 0.304. The van der Waals surface area contributed by atoms with E-state index in [0.717, 1.165) is 36.7 Å². The van der Waals surface area contributed by atoms with Crippen LogP contribution in [0.1, 0.15) is 35.2 Å². The number of oxazole rings is 1. The molecule has 3 aromatic rings. The van der Waals surface area contributed by atoms with Crippen LogP contribution in [0, 0.1) is 6.92 Å². The lowest BCUT2D eigenvalue weighted by Gasteiger charge is -2.30. The third-order valence-corrected chi connectivity index (χ3v) is 5.07. The lowest BCUT2D eigenvalue weighted by Crippen LogP contribution is -2.41. The molecule has 4 rings (SSSR count).